The van der Waals surface area contributed by atoms with Gasteiger partial charge in [0.2, 0.25) is 5.91 Å². The Hall–Kier alpha value is -3.51. The van der Waals surface area contributed by atoms with Crippen LogP contribution in [-0.4, -0.2) is 30.3 Å². The zero-order valence-corrected chi connectivity index (χ0v) is 16.1. The molecule has 3 aromatic rings. The highest BCUT2D eigenvalue weighted by atomic mass is 19.1. The molecular formula is C23H22FN3O2. The minimum atomic E-state index is -0.346. The van der Waals surface area contributed by atoms with E-state index in [0.29, 0.717) is 17.8 Å². The van der Waals surface area contributed by atoms with Gasteiger partial charge in [0.25, 0.3) is 5.91 Å². The summed E-state index contributed by atoms with van der Waals surface area (Å²) in [5.74, 6) is -0.700. The molecule has 0 atom stereocenters. The zero-order valence-electron chi connectivity index (χ0n) is 16.1. The predicted octanol–water partition coefficient (Wildman–Crippen LogP) is 4.15. The number of carbonyl (C=O) groups excluding carboxylic acids is 2. The number of rotatable bonds is 7. The lowest BCUT2D eigenvalue weighted by Gasteiger charge is -2.16. The molecule has 0 aliphatic heterocycles. The van der Waals surface area contributed by atoms with Crippen LogP contribution < -0.4 is 10.6 Å². The zero-order chi connectivity index (χ0) is 20.6. The van der Waals surface area contributed by atoms with Crippen LogP contribution in [0.15, 0.2) is 78.9 Å². The molecule has 0 heterocycles. The van der Waals surface area contributed by atoms with Crippen LogP contribution in [0.1, 0.15) is 15.9 Å². The van der Waals surface area contributed by atoms with Crippen LogP contribution in [0.5, 0.6) is 0 Å². The summed E-state index contributed by atoms with van der Waals surface area (Å²) in [5, 5.41) is 5.58. The SMILES string of the molecule is CN(CC(=O)Nc1ccc(F)cc1)Cc1ccc(C(=O)Nc2ccccc2)cc1. The number of benzene rings is 3. The molecule has 3 rings (SSSR count). The Balaban J connectivity index is 1.50. The van der Waals surface area contributed by atoms with Gasteiger partial charge >= 0.3 is 0 Å². The van der Waals surface area contributed by atoms with Crippen molar-refractivity contribution in [1.29, 1.82) is 0 Å². The van der Waals surface area contributed by atoms with E-state index in [9.17, 15) is 14.0 Å². The molecule has 0 spiro atoms. The fourth-order valence-electron chi connectivity index (χ4n) is 2.83. The van der Waals surface area contributed by atoms with Crippen molar-refractivity contribution < 1.29 is 14.0 Å². The molecule has 0 radical (unpaired) electrons. The van der Waals surface area contributed by atoms with Crippen molar-refractivity contribution in [1.82, 2.24) is 4.90 Å². The van der Waals surface area contributed by atoms with E-state index in [2.05, 4.69) is 10.6 Å². The molecule has 0 saturated heterocycles. The summed E-state index contributed by atoms with van der Waals surface area (Å²) in [7, 11) is 1.83. The largest absolute Gasteiger partial charge is 0.325 e. The number of likely N-dealkylation sites (N-methyl/N-ethyl adjacent to an activating group) is 1. The molecule has 3 aromatic carbocycles. The smallest absolute Gasteiger partial charge is 0.255 e. The van der Waals surface area contributed by atoms with E-state index in [0.717, 1.165) is 11.3 Å². The van der Waals surface area contributed by atoms with Crippen LogP contribution in [0, 0.1) is 5.82 Å². The Morgan fingerprint density at radius 1 is 0.828 bits per heavy atom. The number of anilines is 2. The highest BCUT2D eigenvalue weighted by Gasteiger charge is 2.09. The summed E-state index contributed by atoms with van der Waals surface area (Å²) < 4.78 is 12.9. The average Bonchev–Trinajstić information content (AvgIpc) is 2.71. The van der Waals surface area contributed by atoms with Crippen LogP contribution >= 0.6 is 0 Å². The molecule has 2 N–H and O–H groups in total. The monoisotopic (exact) mass is 391 g/mol. The molecular weight excluding hydrogens is 369 g/mol. The van der Waals surface area contributed by atoms with Crippen molar-refractivity contribution in [2.75, 3.05) is 24.2 Å². The molecule has 0 bridgehead atoms. The van der Waals surface area contributed by atoms with Gasteiger partial charge in [-0.15, -0.1) is 0 Å². The molecule has 148 valence electrons. The maximum atomic E-state index is 12.9. The van der Waals surface area contributed by atoms with Crippen LogP contribution in [0.3, 0.4) is 0 Å². The molecule has 0 unspecified atom stereocenters. The quantitative estimate of drug-likeness (QED) is 0.636. The molecule has 0 fully saturated rings. The van der Waals surface area contributed by atoms with E-state index in [1.807, 2.05) is 54.4 Å². The summed E-state index contributed by atoms with van der Waals surface area (Å²) in [6.45, 7) is 0.741. The van der Waals surface area contributed by atoms with Gasteiger partial charge in [-0.05, 0) is 61.1 Å². The Bertz CT molecular complexity index is 958. The fraction of sp³-hybridized carbons (Fsp3) is 0.130. The van der Waals surface area contributed by atoms with Crippen LogP contribution in [0.4, 0.5) is 15.8 Å². The Morgan fingerprint density at radius 2 is 1.45 bits per heavy atom. The third kappa shape index (κ3) is 6.26. The first kappa shape index (κ1) is 20.2. The van der Waals surface area contributed by atoms with E-state index >= 15 is 0 Å². The van der Waals surface area contributed by atoms with Gasteiger partial charge in [-0.1, -0.05) is 30.3 Å². The van der Waals surface area contributed by atoms with E-state index in [1.54, 1.807) is 12.1 Å². The summed E-state index contributed by atoms with van der Waals surface area (Å²) in [5.41, 5.74) is 2.85. The molecule has 6 heteroatoms. The van der Waals surface area contributed by atoms with E-state index in [4.69, 9.17) is 0 Å². The number of amides is 2. The minimum Gasteiger partial charge on any atom is -0.325 e. The second-order valence-electron chi connectivity index (χ2n) is 6.74. The summed E-state index contributed by atoms with van der Waals surface area (Å²) in [4.78, 5) is 26.3. The maximum Gasteiger partial charge on any atom is 0.255 e. The van der Waals surface area contributed by atoms with Gasteiger partial charge in [-0.25, -0.2) is 4.39 Å². The highest BCUT2D eigenvalue weighted by molar-refractivity contribution is 6.04. The first-order valence-corrected chi connectivity index (χ1v) is 9.19. The second kappa shape index (κ2) is 9.61. The van der Waals surface area contributed by atoms with Gasteiger partial charge in [0.1, 0.15) is 5.82 Å². The molecule has 29 heavy (non-hydrogen) atoms. The van der Waals surface area contributed by atoms with Crippen molar-refractivity contribution in [3.8, 4) is 0 Å². The minimum absolute atomic E-state index is 0.171. The molecule has 0 aliphatic rings. The standard InChI is InChI=1S/C23H22FN3O2/c1-27(16-22(28)25-21-13-11-19(24)12-14-21)15-17-7-9-18(10-8-17)23(29)26-20-5-3-2-4-6-20/h2-14H,15-16H2,1H3,(H,25,28)(H,26,29). The van der Waals surface area contributed by atoms with Gasteiger partial charge in [0.15, 0.2) is 0 Å². The summed E-state index contributed by atoms with van der Waals surface area (Å²) >= 11 is 0. The topological polar surface area (TPSA) is 61.4 Å². The van der Waals surface area contributed by atoms with Gasteiger partial charge in [-0.2, -0.15) is 0 Å². The van der Waals surface area contributed by atoms with Crippen molar-refractivity contribution >= 4 is 23.2 Å². The van der Waals surface area contributed by atoms with Crippen molar-refractivity contribution in [3.05, 3.63) is 95.8 Å². The van der Waals surface area contributed by atoms with E-state index < -0.39 is 0 Å². The fourth-order valence-corrected chi connectivity index (χ4v) is 2.83. The third-order valence-corrected chi connectivity index (χ3v) is 4.24. The molecule has 0 aromatic heterocycles. The number of carbonyl (C=O) groups is 2. The lowest BCUT2D eigenvalue weighted by Crippen LogP contribution is -2.29. The van der Waals surface area contributed by atoms with Crippen molar-refractivity contribution in [2.24, 2.45) is 0 Å². The first-order chi connectivity index (χ1) is 14.0. The average molecular weight is 391 g/mol. The van der Waals surface area contributed by atoms with Crippen LogP contribution in [-0.2, 0) is 11.3 Å². The van der Waals surface area contributed by atoms with Crippen molar-refractivity contribution in [3.63, 3.8) is 0 Å². The number of hydrogen-bond acceptors (Lipinski definition) is 3. The maximum absolute atomic E-state index is 12.9. The lowest BCUT2D eigenvalue weighted by atomic mass is 10.1. The van der Waals surface area contributed by atoms with Crippen LogP contribution in [0.25, 0.3) is 0 Å². The van der Waals surface area contributed by atoms with Gasteiger partial charge in [0, 0.05) is 23.5 Å². The number of hydrogen-bond donors (Lipinski definition) is 2. The van der Waals surface area contributed by atoms with E-state index in [1.165, 1.54) is 24.3 Å². The normalized spacial score (nSPS) is 10.6. The van der Waals surface area contributed by atoms with Gasteiger partial charge < -0.3 is 10.6 Å². The van der Waals surface area contributed by atoms with E-state index in [-0.39, 0.29) is 24.2 Å². The first-order valence-electron chi connectivity index (χ1n) is 9.19. The predicted molar refractivity (Wildman–Crippen MR) is 112 cm³/mol. The molecule has 0 aliphatic carbocycles. The number of para-hydroxylation sites is 1. The molecule has 0 saturated carbocycles. The Morgan fingerprint density at radius 3 is 2.10 bits per heavy atom. The third-order valence-electron chi connectivity index (χ3n) is 4.24. The Kier molecular flexibility index (Phi) is 6.71. The highest BCUT2D eigenvalue weighted by Crippen LogP contribution is 2.12. The second-order valence-corrected chi connectivity index (χ2v) is 6.74. The van der Waals surface area contributed by atoms with Crippen LogP contribution in [0.2, 0.25) is 0 Å². The molecule has 2 amide bonds. The summed E-state index contributed by atoms with van der Waals surface area (Å²) in [6, 6.07) is 22.2. The number of nitrogens with zero attached hydrogens (tertiary/aromatic N) is 1. The van der Waals surface area contributed by atoms with Gasteiger partial charge in [0.05, 0.1) is 6.54 Å². The summed E-state index contributed by atoms with van der Waals surface area (Å²) in [6.07, 6.45) is 0. The Labute approximate surface area is 169 Å². The number of nitrogens with one attached hydrogen (secondary N) is 2. The van der Waals surface area contributed by atoms with Gasteiger partial charge in [-0.3, -0.25) is 14.5 Å². The molecule has 5 nitrogen and oxygen atoms in total. The van der Waals surface area contributed by atoms with Crippen molar-refractivity contribution in [2.45, 2.75) is 6.54 Å². The lowest BCUT2D eigenvalue weighted by molar-refractivity contribution is -0.117. The number of halogens is 1.